The minimum atomic E-state index is 0.244. The number of hydrogen-bond acceptors (Lipinski definition) is 3. The molecule has 134 valence electrons. The molecule has 0 saturated heterocycles. The molecule has 3 aromatic rings. The highest BCUT2D eigenvalue weighted by Gasteiger charge is 2.27. The average molecular weight is 364 g/mol. The van der Waals surface area contributed by atoms with Crippen LogP contribution in [0, 0.1) is 0 Å². The predicted octanol–water partition coefficient (Wildman–Crippen LogP) is 5.83. The van der Waals surface area contributed by atoms with Crippen molar-refractivity contribution >= 4 is 11.8 Å². The summed E-state index contributed by atoms with van der Waals surface area (Å²) in [7, 11) is 6.00. The van der Waals surface area contributed by atoms with Gasteiger partial charge >= 0.3 is 0 Å². The van der Waals surface area contributed by atoms with Crippen molar-refractivity contribution in [1.82, 2.24) is 4.90 Å². The standard InChI is InChI=1S/C23H25NOS/c1-24(2)22(18-14-16-20(25-3)17-15-18)23(19-10-6-4-7-11-19)26-21-12-8-5-9-13-21/h4-17,22-23H,1-3H3. The number of hydrogen-bond donors (Lipinski definition) is 0. The molecule has 0 aliphatic carbocycles. The second-order valence-corrected chi connectivity index (χ2v) is 7.66. The van der Waals surface area contributed by atoms with Crippen LogP contribution in [0.1, 0.15) is 22.4 Å². The number of thioether (sulfide) groups is 1. The number of ether oxygens (including phenoxy) is 1. The Balaban J connectivity index is 2.01. The lowest BCUT2D eigenvalue weighted by atomic mass is 9.97. The van der Waals surface area contributed by atoms with Gasteiger partial charge in [0.05, 0.1) is 18.4 Å². The van der Waals surface area contributed by atoms with Crippen LogP contribution in [0.3, 0.4) is 0 Å². The van der Waals surface area contributed by atoms with E-state index in [2.05, 4.69) is 91.8 Å². The maximum absolute atomic E-state index is 5.33. The first-order chi connectivity index (χ1) is 12.7. The van der Waals surface area contributed by atoms with E-state index >= 15 is 0 Å². The monoisotopic (exact) mass is 363 g/mol. The molecule has 2 atom stereocenters. The lowest BCUT2D eigenvalue weighted by Gasteiger charge is -2.33. The molecular formula is C23H25NOS. The highest BCUT2D eigenvalue weighted by Crippen LogP contribution is 2.46. The van der Waals surface area contributed by atoms with Crippen molar-refractivity contribution < 1.29 is 4.74 Å². The third kappa shape index (κ3) is 4.48. The first-order valence-corrected chi connectivity index (χ1v) is 9.64. The molecular weight excluding hydrogens is 338 g/mol. The summed E-state index contributed by atoms with van der Waals surface area (Å²) in [5.74, 6) is 0.887. The van der Waals surface area contributed by atoms with E-state index < -0.39 is 0 Å². The van der Waals surface area contributed by atoms with E-state index in [9.17, 15) is 0 Å². The number of nitrogens with zero attached hydrogens (tertiary/aromatic N) is 1. The maximum Gasteiger partial charge on any atom is 0.118 e. The topological polar surface area (TPSA) is 12.5 Å². The first-order valence-electron chi connectivity index (χ1n) is 8.76. The van der Waals surface area contributed by atoms with Crippen LogP contribution in [0.25, 0.3) is 0 Å². The quantitative estimate of drug-likeness (QED) is 0.490. The molecule has 0 aliphatic heterocycles. The van der Waals surface area contributed by atoms with Gasteiger partial charge in [-0.15, -0.1) is 11.8 Å². The molecule has 0 bridgehead atoms. The Morgan fingerprint density at radius 3 is 1.85 bits per heavy atom. The van der Waals surface area contributed by atoms with Crippen LogP contribution in [0.4, 0.5) is 0 Å². The molecule has 2 nitrogen and oxygen atoms in total. The van der Waals surface area contributed by atoms with Gasteiger partial charge in [-0.2, -0.15) is 0 Å². The molecule has 26 heavy (non-hydrogen) atoms. The second-order valence-electron chi connectivity index (χ2n) is 6.44. The maximum atomic E-state index is 5.33. The fourth-order valence-electron chi connectivity index (χ4n) is 3.15. The lowest BCUT2D eigenvalue weighted by Crippen LogP contribution is -2.25. The largest absolute Gasteiger partial charge is 0.497 e. The molecule has 0 radical (unpaired) electrons. The fourth-order valence-corrected chi connectivity index (χ4v) is 4.58. The van der Waals surface area contributed by atoms with Crippen LogP contribution in [-0.4, -0.2) is 26.1 Å². The van der Waals surface area contributed by atoms with Crippen molar-refractivity contribution in [3.05, 3.63) is 96.1 Å². The molecule has 0 heterocycles. The van der Waals surface area contributed by atoms with Gasteiger partial charge in [-0.3, -0.25) is 0 Å². The van der Waals surface area contributed by atoms with E-state index in [-0.39, 0.29) is 11.3 Å². The molecule has 0 saturated carbocycles. The van der Waals surface area contributed by atoms with E-state index in [1.807, 2.05) is 23.9 Å². The molecule has 2 unspecified atom stereocenters. The van der Waals surface area contributed by atoms with Gasteiger partial charge < -0.3 is 9.64 Å². The Morgan fingerprint density at radius 2 is 1.31 bits per heavy atom. The van der Waals surface area contributed by atoms with Crippen molar-refractivity contribution in [1.29, 1.82) is 0 Å². The highest BCUT2D eigenvalue weighted by atomic mass is 32.2. The Labute approximate surface area is 160 Å². The smallest absolute Gasteiger partial charge is 0.118 e. The van der Waals surface area contributed by atoms with Crippen LogP contribution in [0.5, 0.6) is 5.75 Å². The predicted molar refractivity (Wildman–Crippen MR) is 111 cm³/mol. The van der Waals surface area contributed by atoms with E-state index in [0.717, 1.165) is 5.75 Å². The van der Waals surface area contributed by atoms with E-state index in [0.29, 0.717) is 0 Å². The summed E-state index contributed by atoms with van der Waals surface area (Å²) in [6, 6.07) is 30.1. The molecule has 3 rings (SSSR count). The minimum Gasteiger partial charge on any atom is -0.497 e. The van der Waals surface area contributed by atoms with Gasteiger partial charge in [0.2, 0.25) is 0 Å². The van der Waals surface area contributed by atoms with Crippen molar-refractivity contribution in [3.63, 3.8) is 0 Å². The highest BCUT2D eigenvalue weighted by molar-refractivity contribution is 7.99. The molecule has 0 fully saturated rings. The van der Waals surface area contributed by atoms with Crippen molar-refractivity contribution in [2.75, 3.05) is 21.2 Å². The van der Waals surface area contributed by atoms with Crippen molar-refractivity contribution in [2.45, 2.75) is 16.2 Å². The van der Waals surface area contributed by atoms with Crippen molar-refractivity contribution in [2.24, 2.45) is 0 Å². The van der Waals surface area contributed by atoms with Crippen LogP contribution < -0.4 is 4.74 Å². The SMILES string of the molecule is COc1ccc(C(C(Sc2ccccc2)c2ccccc2)N(C)C)cc1. The minimum absolute atomic E-state index is 0.244. The summed E-state index contributed by atoms with van der Waals surface area (Å²) in [6.07, 6.45) is 0. The van der Waals surface area contributed by atoms with Crippen molar-refractivity contribution in [3.8, 4) is 5.75 Å². The zero-order valence-electron chi connectivity index (χ0n) is 15.5. The number of likely N-dealkylation sites (N-methyl/N-ethyl adjacent to an activating group) is 1. The third-order valence-electron chi connectivity index (χ3n) is 4.43. The summed E-state index contributed by atoms with van der Waals surface area (Å²) in [5, 5.41) is 0.280. The van der Waals surface area contributed by atoms with E-state index in [4.69, 9.17) is 4.74 Å². The number of rotatable bonds is 7. The Hall–Kier alpha value is -2.23. The van der Waals surface area contributed by atoms with Gasteiger partial charge in [-0.1, -0.05) is 60.7 Å². The molecule has 0 amide bonds. The summed E-state index contributed by atoms with van der Waals surface area (Å²) in [4.78, 5) is 3.58. The average Bonchev–Trinajstić information content (AvgIpc) is 2.69. The van der Waals surface area contributed by atoms with Gasteiger partial charge in [-0.05, 0) is 49.5 Å². The van der Waals surface area contributed by atoms with Gasteiger partial charge in [-0.25, -0.2) is 0 Å². The van der Waals surface area contributed by atoms with Gasteiger partial charge in [0.25, 0.3) is 0 Å². The fraction of sp³-hybridized carbons (Fsp3) is 0.217. The van der Waals surface area contributed by atoms with Crippen LogP contribution in [0.2, 0.25) is 0 Å². The van der Waals surface area contributed by atoms with Crippen LogP contribution in [0.15, 0.2) is 89.8 Å². The zero-order chi connectivity index (χ0) is 18.4. The van der Waals surface area contributed by atoms with Gasteiger partial charge in [0, 0.05) is 4.90 Å². The summed E-state index contributed by atoms with van der Waals surface area (Å²) in [5.41, 5.74) is 2.61. The Bertz CT molecular complexity index is 787. The number of methoxy groups -OCH3 is 1. The summed E-state index contributed by atoms with van der Waals surface area (Å²) >= 11 is 1.91. The summed E-state index contributed by atoms with van der Waals surface area (Å²) in [6.45, 7) is 0. The molecule has 0 aromatic heterocycles. The van der Waals surface area contributed by atoms with E-state index in [1.165, 1.54) is 16.0 Å². The molecule has 0 spiro atoms. The summed E-state index contributed by atoms with van der Waals surface area (Å²) < 4.78 is 5.33. The zero-order valence-corrected chi connectivity index (χ0v) is 16.3. The Kier molecular flexibility index (Phi) is 6.37. The van der Waals surface area contributed by atoms with Gasteiger partial charge in [0.15, 0.2) is 0 Å². The molecule has 3 aromatic carbocycles. The first kappa shape index (κ1) is 18.6. The van der Waals surface area contributed by atoms with Gasteiger partial charge in [0.1, 0.15) is 5.75 Å². The third-order valence-corrected chi connectivity index (χ3v) is 5.76. The second kappa shape index (κ2) is 8.93. The Morgan fingerprint density at radius 1 is 0.731 bits per heavy atom. The van der Waals surface area contributed by atoms with E-state index in [1.54, 1.807) is 7.11 Å². The molecule has 0 N–H and O–H groups in total. The molecule has 3 heteroatoms. The van der Waals surface area contributed by atoms with Crippen LogP contribution >= 0.6 is 11.8 Å². The number of benzene rings is 3. The molecule has 0 aliphatic rings. The van der Waals surface area contributed by atoms with Crippen LogP contribution in [-0.2, 0) is 0 Å². The lowest BCUT2D eigenvalue weighted by molar-refractivity contribution is 0.293. The normalized spacial score (nSPS) is 13.4.